The zero-order valence-electron chi connectivity index (χ0n) is 11.0. The number of carbonyl (C=O) groups is 2. The molecule has 1 fully saturated rings. The quantitative estimate of drug-likeness (QED) is 0.810. The Labute approximate surface area is 112 Å². The van der Waals surface area contributed by atoms with E-state index in [1.54, 1.807) is 16.9 Å². The molecule has 0 unspecified atom stereocenters. The molecule has 5 heteroatoms. The van der Waals surface area contributed by atoms with Crippen LogP contribution in [0.5, 0.6) is 0 Å². The summed E-state index contributed by atoms with van der Waals surface area (Å²) < 4.78 is 0. The predicted molar refractivity (Wildman–Crippen MR) is 70.1 cm³/mol. The maximum Gasteiger partial charge on any atom is 0.329 e. The monoisotopic (exact) mass is 262 g/mol. The number of benzene rings is 1. The molecule has 0 aromatic heterocycles. The largest absolute Gasteiger partial charge is 0.367 e. The van der Waals surface area contributed by atoms with E-state index in [2.05, 4.69) is 0 Å². The van der Waals surface area contributed by atoms with Crippen molar-refractivity contribution in [1.29, 1.82) is 0 Å². The van der Waals surface area contributed by atoms with Crippen molar-refractivity contribution < 1.29 is 14.4 Å². The SMILES string of the molecule is CC(=O)N1CCN(OC(=O)Cc2ccccc2)CC1. The minimum atomic E-state index is -0.262. The fraction of sp³-hybridized carbons (Fsp3) is 0.429. The lowest BCUT2D eigenvalue weighted by Crippen LogP contribution is -2.48. The molecule has 5 nitrogen and oxygen atoms in total. The number of hydrogen-bond acceptors (Lipinski definition) is 4. The second-order valence-corrected chi connectivity index (χ2v) is 4.56. The van der Waals surface area contributed by atoms with Gasteiger partial charge in [-0.2, -0.15) is 0 Å². The van der Waals surface area contributed by atoms with Crippen LogP contribution in [0.25, 0.3) is 0 Å². The van der Waals surface area contributed by atoms with Crippen molar-refractivity contribution in [2.45, 2.75) is 13.3 Å². The Bertz CT molecular complexity index is 439. The van der Waals surface area contributed by atoms with Crippen molar-refractivity contribution in [2.75, 3.05) is 26.2 Å². The Hall–Kier alpha value is -1.88. The zero-order chi connectivity index (χ0) is 13.7. The van der Waals surface area contributed by atoms with Crippen molar-refractivity contribution in [3.8, 4) is 0 Å². The molecule has 0 saturated carbocycles. The highest BCUT2D eigenvalue weighted by Crippen LogP contribution is 2.06. The molecule has 0 bridgehead atoms. The topological polar surface area (TPSA) is 49.9 Å². The van der Waals surface area contributed by atoms with Crippen LogP contribution in [-0.2, 0) is 20.8 Å². The first-order chi connectivity index (χ1) is 9.15. The molecule has 102 valence electrons. The summed E-state index contributed by atoms with van der Waals surface area (Å²) in [7, 11) is 0. The van der Waals surface area contributed by atoms with Crippen LogP contribution in [0, 0.1) is 0 Å². The number of piperazine rings is 1. The van der Waals surface area contributed by atoms with Gasteiger partial charge in [0.15, 0.2) is 0 Å². The van der Waals surface area contributed by atoms with Gasteiger partial charge in [0, 0.05) is 20.0 Å². The van der Waals surface area contributed by atoms with E-state index in [1.165, 1.54) is 0 Å². The Balaban J connectivity index is 1.76. The Morgan fingerprint density at radius 3 is 2.32 bits per heavy atom. The van der Waals surface area contributed by atoms with Gasteiger partial charge in [0.2, 0.25) is 5.91 Å². The minimum absolute atomic E-state index is 0.0651. The summed E-state index contributed by atoms with van der Waals surface area (Å²) in [6, 6.07) is 9.50. The van der Waals surface area contributed by atoms with E-state index in [9.17, 15) is 9.59 Å². The fourth-order valence-electron chi connectivity index (χ4n) is 2.03. The van der Waals surface area contributed by atoms with Crippen LogP contribution in [-0.4, -0.2) is 48.0 Å². The van der Waals surface area contributed by atoms with Crippen LogP contribution in [0.1, 0.15) is 12.5 Å². The van der Waals surface area contributed by atoms with Crippen LogP contribution >= 0.6 is 0 Å². The first-order valence-electron chi connectivity index (χ1n) is 6.40. The third-order valence-electron chi connectivity index (χ3n) is 3.11. The van der Waals surface area contributed by atoms with Gasteiger partial charge < -0.3 is 9.74 Å². The Morgan fingerprint density at radius 2 is 1.74 bits per heavy atom. The first kappa shape index (κ1) is 13.5. The van der Waals surface area contributed by atoms with Gasteiger partial charge in [-0.15, -0.1) is 5.06 Å². The van der Waals surface area contributed by atoms with Crippen molar-refractivity contribution in [3.05, 3.63) is 35.9 Å². The highest BCUT2D eigenvalue weighted by atomic mass is 16.7. The number of hydroxylamine groups is 2. The van der Waals surface area contributed by atoms with Crippen LogP contribution < -0.4 is 0 Å². The molecule has 0 radical (unpaired) electrons. The van der Waals surface area contributed by atoms with Crippen molar-refractivity contribution in [1.82, 2.24) is 9.96 Å². The van der Waals surface area contributed by atoms with Crippen LogP contribution in [0.4, 0.5) is 0 Å². The lowest BCUT2D eigenvalue weighted by Gasteiger charge is -2.32. The van der Waals surface area contributed by atoms with Gasteiger partial charge in [-0.05, 0) is 5.56 Å². The number of hydrogen-bond donors (Lipinski definition) is 0. The Kier molecular flexibility index (Phi) is 4.52. The highest BCUT2D eigenvalue weighted by molar-refractivity contribution is 5.73. The molecule has 1 aromatic carbocycles. The van der Waals surface area contributed by atoms with Crippen LogP contribution in [0.15, 0.2) is 30.3 Å². The molecule has 0 N–H and O–H groups in total. The normalized spacial score (nSPS) is 16.2. The first-order valence-corrected chi connectivity index (χ1v) is 6.40. The summed E-state index contributed by atoms with van der Waals surface area (Å²) in [5, 5.41) is 1.63. The molecule has 1 aliphatic heterocycles. The zero-order valence-corrected chi connectivity index (χ0v) is 11.0. The summed E-state index contributed by atoms with van der Waals surface area (Å²) in [5.41, 5.74) is 0.940. The number of carbonyl (C=O) groups excluding carboxylic acids is 2. The van der Waals surface area contributed by atoms with E-state index in [0.717, 1.165) is 5.56 Å². The second-order valence-electron chi connectivity index (χ2n) is 4.56. The summed E-state index contributed by atoms with van der Waals surface area (Å²) in [4.78, 5) is 30.0. The molecule has 1 aliphatic rings. The highest BCUT2D eigenvalue weighted by Gasteiger charge is 2.21. The smallest absolute Gasteiger partial charge is 0.329 e. The average Bonchev–Trinajstić information content (AvgIpc) is 2.40. The van der Waals surface area contributed by atoms with E-state index < -0.39 is 0 Å². The lowest BCUT2D eigenvalue weighted by atomic mass is 10.2. The minimum Gasteiger partial charge on any atom is -0.367 e. The van der Waals surface area contributed by atoms with Gasteiger partial charge in [-0.3, -0.25) is 4.79 Å². The third kappa shape index (κ3) is 4.06. The average molecular weight is 262 g/mol. The van der Waals surface area contributed by atoms with Gasteiger partial charge in [-0.1, -0.05) is 30.3 Å². The van der Waals surface area contributed by atoms with Gasteiger partial charge in [-0.25, -0.2) is 4.79 Å². The molecule has 2 rings (SSSR count). The maximum absolute atomic E-state index is 11.8. The maximum atomic E-state index is 11.8. The Morgan fingerprint density at radius 1 is 1.11 bits per heavy atom. The van der Waals surface area contributed by atoms with Gasteiger partial charge in [0.05, 0.1) is 19.5 Å². The van der Waals surface area contributed by atoms with Crippen LogP contribution in [0.2, 0.25) is 0 Å². The summed E-state index contributed by atoms with van der Waals surface area (Å²) in [6.07, 6.45) is 0.272. The standard InChI is InChI=1S/C14H18N2O3/c1-12(17)15-7-9-16(10-8-15)19-14(18)11-13-5-3-2-4-6-13/h2-6H,7-11H2,1H3. The summed E-state index contributed by atoms with van der Waals surface area (Å²) >= 11 is 0. The van der Waals surface area contributed by atoms with E-state index in [1.807, 2.05) is 30.3 Å². The molecular weight excluding hydrogens is 244 g/mol. The van der Waals surface area contributed by atoms with Crippen molar-refractivity contribution in [3.63, 3.8) is 0 Å². The number of amides is 1. The molecule has 19 heavy (non-hydrogen) atoms. The molecule has 1 amide bonds. The molecule has 0 atom stereocenters. The van der Waals surface area contributed by atoms with Gasteiger partial charge >= 0.3 is 5.97 Å². The molecule has 0 spiro atoms. The van der Waals surface area contributed by atoms with Crippen molar-refractivity contribution >= 4 is 11.9 Å². The number of nitrogens with zero attached hydrogens (tertiary/aromatic N) is 2. The molecule has 0 aliphatic carbocycles. The molecule has 1 aromatic rings. The molecule has 1 saturated heterocycles. The fourth-order valence-corrected chi connectivity index (χ4v) is 2.03. The van der Waals surface area contributed by atoms with E-state index in [0.29, 0.717) is 26.2 Å². The second kappa shape index (κ2) is 6.33. The van der Waals surface area contributed by atoms with Crippen molar-refractivity contribution in [2.24, 2.45) is 0 Å². The molecular formula is C14H18N2O3. The van der Waals surface area contributed by atoms with Crippen LogP contribution in [0.3, 0.4) is 0 Å². The summed E-state index contributed by atoms with van der Waals surface area (Å²) in [5.74, 6) is -0.197. The van der Waals surface area contributed by atoms with Gasteiger partial charge in [0.25, 0.3) is 0 Å². The van der Waals surface area contributed by atoms with E-state index in [-0.39, 0.29) is 18.3 Å². The van der Waals surface area contributed by atoms with E-state index >= 15 is 0 Å². The third-order valence-corrected chi connectivity index (χ3v) is 3.11. The lowest BCUT2D eigenvalue weighted by molar-refractivity contribution is -0.197. The number of rotatable bonds is 3. The van der Waals surface area contributed by atoms with E-state index in [4.69, 9.17) is 4.84 Å². The molecule has 1 heterocycles. The predicted octanol–water partition coefficient (Wildman–Crippen LogP) is 0.851. The summed E-state index contributed by atoms with van der Waals surface area (Å²) in [6.45, 7) is 3.90. The van der Waals surface area contributed by atoms with Gasteiger partial charge in [0.1, 0.15) is 0 Å².